The monoisotopic (exact) mass is 290 g/mol. The van der Waals surface area contributed by atoms with Crippen LogP contribution in [0.25, 0.3) is 0 Å². The molecule has 18 heavy (non-hydrogen) atoms. The number of hydrogen-bond donors (Lipinski definition) is 2. The zero-order valence-electron chi connectivity index (χ0n) is 9.85. The normalized spacial score (nSPS) is 12.2. The molecule has 0 saturated heterocycles. The second kappa shape index (κ2) is 7.46. The number of carboxylic acids is 1. The van der Waals surface area contributed by atoms with E-state index in [0.29, 0.717) is 30.4 Å². The Morgan fingerprint density at radius 3 is 2.11 bits per heavy atom. The average Bonchev–Trinajstić information content (AvgIpc) is 2.38. The zero-order chi connectivity index (χ0) is 13.5. The van der Waals surface area contributed by atoms with E-state index in [9.17, 15) is 4.79 Å². The van der Waals surface area contributed by atoms with Crippen molar-refractivity contribution in [3.8, 4) is 0 Å². The molecule has 1 rings (SSSR count). The molecule has 0 spiro atoms. The van der Waals surface area contributed by atoms with Gasteiger partial charge in [-0.15, -0.1) is 23.2 Å². The van der Waals surface area contributed by atoms with Crippen molar-refractivity contribution in [2.75, 3.05) is 29.7 Å². The predicted octanol–water partition coefficient (Wildman–Crippen LogP) is 2.05. The Balaban J connectivity index is 2.82. The number of nitrogens with two attached hydrogens (primary N) is 1. The van der Waals surface area contributed by atoms with E-state index in [-0.39, 0.29) is 0 Å². The Morgan fingerprint density at radius 1 is 1.22 bits per heavy atom. The van der Waals surface area contributed by atoms with E-state index in [1.54, 1.807) is 12.1 Å². The van der Waals surface area contributed by atoms with Crippen LogP contribution in [0.15, 0.2) is 24.3 Å². The van der Waals surface area contributed by atoms with Gasteiger partial charge in [0.05, 0.1) is 0 Å². The second-order valence-corrected chi connectivity index (χ2v) is 4.53. The fourth-order valence-electron chi connectivity index (χ4n) is 1.61. The number of benzene rings is 1. The van der Waals surface area contributed by atoms with Gasteiger partial charge < -0.3 is 15.7 Å². The molecule has 0 aliphatic heterocycles. The number of nitrogens with zero attached hydrogens (tertiary/aromatic N) is 1. The van der Waals surface area contributed by atoms with E-state index in [1.165, 1.54) is 0 Å². The number of carbonyl (C=O) groups is 1. The van der Waals surface area contributed by atoms with Gasteiger partial charge in [-0.2, -0.15) is 0 Å². The molecule has 0 fully saturated rings. The molecule has 0 aliphatic carbocycles. The number of anilines is 1. The summed E-state index contributed by atoms with van der Waals surface area (Å²) in [7, 11) is 0. The summed E-state index contributed by atoms with van der Waals surface area (Å²) in [5, 5.41) is 8.81. The van der Waals surface area contributed by atoms with Crippen molar-refractivity contribution in [2.45, 2.75) is 6.04 Å². The Labute approximate surface area is 116 Å². The molecule has 3 N–H and O–H groups in total. The quantitative estimate of drug-likeness (QED) is 0.755. The van der Waals surface area contributed by atoms with Gasteiger partial charge in [0.2, 0.25) is 0 Å². The summed E-state index contributed by atoms with van der Waals surface area (Å²) in [5.74, 6) is -0.0262. The van der Waals surface area contributed by atoms with Gasteiger partial charge in [0.25, 0.3) is 0 Å². The summed E-state index contributed by atoms with van der Waals surface area (Å²) < 4.78 is 0. The van der Waals surface area contributed by atoms with Crippen molar-refractivity contribution in [3.05, 3.63) is 29.8 Å². The van der Waals surface area contributed by atoms with E-state index in [4.69, 9.17) is 34.0 Å². The summed E-state index contributed by atoms with van der Waals surface area (Å²) >= 11 is 11.4. The smallest absolute Gasteiger partial charge is 0.325 e. The van der Waals surface area contributed by atoms with Crippen LogP contribution in [0.4, 0.5) is 5.69 Å². The lowest BCUT2D eigenvalue weighted by atomic mass is 10.1. The Morgan fingerprint density at radius 2 is 1.72 bits per heavy atom. The topological polar surface area (TPSA) is 66.6 Å². The van der Waals surface area contributed by atoms with Crippen LogP contribution in [-0.4, -0.2) is 35.9 Å². The lowest BCUT2D eigenvalue weighted by Crippen LogP contribution is -2.27. The van der Waals surface area contributed by atoms with Crippen molar-refractivity contribution >= 4 is 34.9 Å². The minimum atomic E-state index is -1.04. The third kappa shape index (κ3) is 4.05. The molecule has 0 bridgehead atoms. The molecule has 0 heterocycles. The standard InChI is InChI=1S/C12H16Cl2N2O2/c13-5-7-16(8-6-14)10-3-1-9(2-4-10)11(15)12(17)18/h1-4,11H,5-8,15H2,(H,17,18)/t11-/m0/s1. The van der Waals surface area contributed by atoms with Crippen LogP contribution in [-0.2, 0) is 4.79 Å². The van der Waals surface area contributed by atoms with E-state index < -0.39 is 12.0 Å². The minimum absolute atomic E-state index is 0.507. The SMILES string of the molecule is N[C@H](C(=O)O)c1ccc(N(CCCl)CCCl)cc1. The molecular weight excluding hydrogens is 275 g/mol. The van der Waals surface area contributed by atoms with Gasteiger partial charge in [-0.05, 0) is 17.7 Å². The maximum atomic E-state index is 10.8. The number of rotatable bonds is 7. The average molecular weight is 291 g/mol. The zero-order valence-corrected chi connectivity index (χ0v) is 11.4. The summed E-state index contributed by atoms with van der Waals surface area (Å²) in [4.78, 5) is 12.8. The molecule has 0 amide bonds. The van der Waals surface area contributed by atoms with Crippen LogP contribution in [0.1, 0.15) is 11.6 Å². The Kier molecular flexibility index (Phi) is 6.25. The van der Waals surface area contributed by atoms with E-state index in [2.05, 4.69) is 0 Å². The minimum Gasteiger partial charge on any atom is -0.480 e. The third-order valence-electron chi connectivity index (χ3n) is 2.59. The third-order valence-corrected chi connectivity index (χ3v) is 2.93. The van der Waals surface area contributed by atoms with Gasteiger partial charge in [0.15, 0.2) is 0 Å². The lowest BCUT2D eigenvalue weighted by molar-refractivity contribution is -0.138. The molecule has 100 valence electrons. The van der Waals surface area contributed by atoms with E-state index >= 15 is 0 Å². The maximum Gasteiger partial charge on any atom is 0.325 e. The first-order valence-electron chi connectivity index (χ1n) is 5.55. The van der Waals surface area contributed by atoms with Crippen LogP contribution in [0, 0.1) is 0 Å². The maximum absolute atomic E-state index is 10.8. The van der Waals surface area contributed by atoms with Gasteiger partial charge in [-0.25, -0.2) is 0 Å². The Hall–Kier alpha value is -0.970. The van der Waals surface area contributed by atoms with E-state index in [0.717, 1.165) is 5.69 Å². The molecule has 0 saturated carbocycles. The van der Waals surface area contributed by atoms with Gasteiger partial charge in [0.1, 0.15) is 6.04 Å². The summed E-state index contributed by atoms with van der Waals surface area (Å²) in [6.07, 6.45) is 0. The molecule has 4 nitrogen and oxygen atoms in total. The first kappa shape index (κ1) is 15.1. The van der Waals surface area contributed by atoms with Gasteiger partial charge >= 0.3 is 5.97 Å². The number of alkyl halides is 2. The first-order valence-corrected chi connectivity index (χ1v) is 6.62. The largest absolute Gasteiger partial charge is 0.480 e. The van der Waals surface area contributed by atoms with Crippen LogP contribution in [0.3, 0.4) is 0 Å². The highest BCUT2D eigenvalue weighted by atomic mass is 35.5. The molecular formula is C12H16Cl2N2O2. The van der Waals surface area contributed by atoms with Gasteiger partial charge in [-0.3, -0.25) is 4.79 Å². The second-order valence-electron chi connectivity index (χ2n) is 3.77. The van der Waals surface area contributed by atoms with E-state index in [1.807, 2.05) is 17.0 Å². The molecule has 0 radical (unpaired) electrons. The first-order chi connectivity index (χ1) is 8.60. The lowest BCUT2D eigenvalue weighted by Gasteiger charge is -2.23. The van der Waals surface area contributed by atoms with Crippen LogP contribution >= 0.6 is 23.2 Å². The fraction of sp³-hybridized carbons (Fsp3) is 0.417. The molecule has 1 aromatic rings. The number of carboxylic acid groups (broad SMARTS) is 1. The summed E-state index contributed by atoms with van der Waals surface area (Å²) in [6.45, 7) is 1.39. The summed E-state index contributed by atoms with van der Waals surface area (Å²) in [5.41, 5.74) is 7.05. The molecule has 1 atom stereocenters. The fourth-order valence-corrected chi connectivity index (χ4v) is 2.02. The molecule has 0 aromatic heterocycles. The summed E-state index contributed by atoms with van der Waals surface area (Å²) in [6, 6.07) is 6.09. The van der Waals surface area contributed by atoms with Crippen LogP contribution in [0.2, 0.25) is 0 Å². The van der Waals surface area contributed by atoms with Crippen molar-refractivity contribution in [1.29, 1.82) is 0 Å². The number of halogens is 2. The predicted molar refractivity (Wildman–Crippen MR) is 74.7 cm³/mol. The van der Waals surface area contributed by atoms with Gasteiger partial charge in [0, 0.05) is 30.5 Å². The van der Waals surface area contributed by atoms with Crippen molar-refractivity contribution in [2.24, 2.45) is 5.73 Å². The number of hydrogen-bond acceptors (Lipinski definition) is 3. The van der Waals surface area contributed by atoms with Crippen LogP contribution < -0.4 is 10.6 Å². The molecule has 0 unspecified atom stereocenters. The molecule has 1 aromatic carbocycles. The van der Waals surface area contributed by atoms with Crippen LogP contribution in [0.5, 0.6) is 0 Å². The molecule has 6 heteroatoms. The highest BCUT2D eigenvalue weighted by molar-refractivity contribution is 6.18. The highest BCUT2D eigenvalue weighted by Crippen LogP contribution is 2.18. The van der Waals surface area contributed by atoms with Crippen molar-refractivity contribution < 1.29 is 9.90 Å². The van der Waals surface area contributed by atoms with Gasteiger partial charge in [-0.1, -0.05) is 12.1 Å². The number of aliphatic carboxylic acids is 1. The van der Waals surface area contributed by atoms with Crippen molar-refractivity contribution in [3.63, 3.8) is 0 Å². The Bertz CT molecular complexity index is 378. The highest BCUT2D eigenvalue weighted by Gasteiger charge is 2.14. The molecule has 0 aliphatic rings. The van der Waals surface area contributed by atoms with Crippen molar-refractivity contribution in [1.82, 2.24) is 0 Å².